The molecule has 2 fully saturated rings. The summed E-state index contributed by atoms with van der Waals surface area (Å²) in [6.45, 7) is 0.249. The van der Waals surface area contributed by atoms with E-state index in [1.54, 1.807) is 12.1 Å². The number of benzene rings is 3. The van der Waals surface area contributed by atoms with Crippen LogP contribution in [0.15, 0.2) is 72.8 Å². The molecule has 1 N–H and O–H groups in total. The Morgan fingerprint density at radius 1 is 0.897 bits per heavy atom. The molecule has 2 aliphatic heterocycles. The summed E-state index contributed by atoms with van der Waals surface area (Å²) in [7, 11) is 0. The van der Waals surface area contributed by atoms with Gasteiger partial charge < -0.3 is 19.5 Å². The number of nitrogens with zero attached hydrogens (tertiary/aromatic N) is 1. The van der Waals surface area contributed by atoms with Gasteiger partial charge in [0.15, 0.2) is 0 Å². The van der Waals surface area contributed by atoms with Gasteiger partial charge in [0.25, 0.3) is 0 Å². The summed E-state index contributed by atoms with van der Waals surface area (Å²) in [6, 6.07) is 21.8. The Morgan fingerprint density at radius 2 is 1.46 bits per heavy atom. The fourth-order valence-electron chi connectivity index (χ4n) is 6.83. The van der Waals surface area contributed by atoms with Gasteiger partial charge in [-0.15, -0.1) is 13.2 Å². The lowest BCUT2D eigenvalue weighted by atomic mass is 9.73. The van der Waals surface area contributed by atoms with Gasteiger partial charge in [0.05, 0.1) is 5.60 Å². The van der Waals surface area contributed by atoms with Crippen LogP contribution >= 0.6 is 0 Å². The van der Waals surface area contributed by atoms with E-state index in [-0.39, 0.29) is 36.5 Å². The third-order valence-corrected chi connectivity index (χ3v) is 8.33. The van der Waals surface area contributed by atoms with Crippen LogP contribution in [0.1, 0.15) is 54.7 Å². The van der Waals surface area contributed by atoms with Crippen molar-refractivity contribution in [3.63, 3.8) is 0 Å². The van der Waals surface area contributed by atoms with Gasteiger partial charge in [-0.25, -0.2) is 4.79 Å². The van der Waals surface area contributed by atoms with Crippen molar-refractivity contribution in [2.45, 2.75) is 68.5 Å². The molecule has 0 spiro atoms. The first-order chi connectivity index (χ1) is 18.7. The standard InChI is InChI=1S/C31H30F3NO4/c32-31(33,34)39-23-14-12-20(13-15-23)16-30(37)17-21-6-5-7-22(18-30)35(21)29(36)38-19-28-26-10-3-1-8-24(26)25-9-2-4-11-27(25)28/h1-4,8-15,21-22,28,37H,5-7,16-19H2. The normalized spacial score (nSPS) is 24.2. The highest BCUT2D eigenvalue weighted by Crippen LogP contribution is 2.45. The summed E-state index contributed by atoms with van der Waals surface area (Å²) in [4.78, 5) is 15.3. The quantitative estimate of drug-likeness (QED) is 0.388. The van der Waals surface area contributed by atoms with Crippen molar-refractivity contribution in [3.8, 4) is 16.9 Å². The van der Waals surface area contributed by atoms with Crippen molar-refractivity contribution >= 4 is 6.09 Å². The van der Waals surface area contributed by atoms with E-state index in [9.17, 15) is 23.1 Å². The molecule has 0 aromatic heterocycles. The van der Waals surface area contributed by atoms with E-state index in [0.717, 1.165) is 36.0 Å². The Balaban J connectivity index is 1.12. The van der Waals surface area contributed by atoms with Crippen LogP contribution in [0.2, 0.25) is 0 Å². The van der Waals surface area contributed by atoms with E-state index >= 15 is 0 Å². The van der Waals surface area contributed by atoms with Gasteiger partial charge >= 0.3 is 12.5 Å². The number of hydrogen-bond donors (Lipinski definition) is 1. The Labute approximate surface area is 225 Å². The van der Waals surface area contributed by atoms with E-state index in [1.165, 1.54) is 23.3 Å². The fraction of sp³-hybridized carbons (Fsp3) is 0.387. The maximum absolute atomic E-state index is 13.4. The van der Waals surface area contributed by atoms with Gasteiger partial charge in [0.2, 0.25) is 0 Å². The predicted molar refractivity (Wildman–Crippen MR) is 139 cm³/mol. The van der Waals surface area contributed by atoms with Crippen molar-refractivity contribution in [2.24, 2.45) is 0 Å². The van der Waals surface area contributed by atoms with Crippen molar-refractivity contribution in [1.82, 2.24) is 4.90 Å². The number of ether oxygens (including phenoxy) is 2. The third kappa shape index (κ3) is 5.22. The Morgan fingerprint density at radius 3 is 2.03 bits per heavy atom. The zero-order chi connectivity index (χ0) is 27.2. The van der Waals surface area contributed by atoms with Crippen molar-refractivity contribution in [1.29, 1.82) is 0 Å². The number of hydrogen-bond acceptors (Lipinski definition) is 4. The lowest BCUT2D eigenvalue weighted by Gasteiger charge is -2.51. The van der Waals surface area contributed by atoms with Crippen LogP contribution in [0.4, 0.5) is 18.0 Å². The number of alkyl halides is 3. The van der Waals surface area contributed by atoms with E-state index in [1.807, 2.05) is 29.2 Å². The molecule has 2 saturated heterocycles. The summed E-state index contributed by atoms with van der Waals surface area (Å²) in [5, 5.41) is 11.5. The SMILES string of the molecule is O=C(OCC1c2ccccc2-c2ccccc21)N1C2CCCC1CC(O)(Cc1ccc(OC(F)(F)F)cc1)C2. The second-order valence-electron chi connectivity index (χ2n) is 11.0. The first-order valence-corrected chi connectivity index (χ1v) is 13.4. The molecule has 39 heavy (non-hydrogen) atoms. The van der Waals surface area contributed by atoms with Crippen LogP contribution in [0.3, 0.4) is 0 Å². The summed E-state index contributed by atoms with van der Waals surface area (Å²) < 4.78 is 47.3. The van der Waals surface area contributed by atoms with Crippen LogP contribution in [0, 0.1) is 0 Å². The smallest absolute Gasteiger partial charge is 0.448 e. The Bertz CT molecular complexity index is 1300. The zero-order valence-electron chi connectivity index (χ0n) is 21.4. The van der Waals surface area contributed by atoms with Crippen molar-refractivity contribution in [2.75, 3.05) is 6.61 Å². The molecule has 5 nitrogen and oxygen atoms in total. The predicted octanol–water partition coefficient (Wildman–Crippen LogP) is 6.82. The lowest BCUT2D eigenvalue weighted by Crippen LogP contribution is -2.60. The molecule has 2 unspecified atom stereocenters. The molecule has 1 amide bonds. The topological polar surface area (TPSA) is 59.0 Å². The maximum atomic E-state index is 13.4. The molecule has 0 saturated carbocycles. The van der Waals surface area contributed by atoms with Crippen LogP contribution in [0.25, 0.3) is 11.1 Å². The Hall–Kier alpha value is -3.52. The van der Waals surface area contributed by atoms with Gasteiger partial charge in [0, 0.05) is 24.4 Å². The number of carbonyl (C=O) groups is 1. The molecule has 2 atom stereocenters. The summed E-state index contributed by atoms with van der Waals surface area (Å²) in [6.07, 6.45) is -1.47. The largest absolute Gasteiger partial charge is 0.573 e. The minimum atomic E-state index is -4.75. The molecule has 6 rings (SSSR count). The van der Waals surface area contributed by atoms with E-state index in [4.69, 9.17) is 4.74 Å². The van der Waals surface area contributed by atoms with Gasteiger partial charge in [-0.3, -0.25) is 0 Å². The van der Waals surface area contributed by atoms with Gasteiger partial charge in [-0.1, -0.05) is 60.7 Å². The monoisotopic (exact) mass is 537 g/mol. The minimum absolute atomic E-state index is 0.0211. The molecule has 1 aliphatic carbocycles. The van der Waals surface area contributed by atoms with Crippen LogP contribution in [-0.4, -0.2) is 46.8 Å². The summed E-state index contributed by atoms with van der Waals surface area (Å²) in [5.74, 6) is -0.313. The molecule has 2 bridgehead atoms. The van der Waals surface area contributed by atoms with E-state index in [2.05, 4.69) is 29.0 Å². The number of halogens is 3. The number of carbonyl (C=O) groups excluding carboxylic acids is 1. The summed E-state index contributed by atoms with van der Waals surface area (Å²) in [5.41, 5.74) is 4.33. The molecule has 0 radical (unpaired) electrons. The minimum Gasteiger partial charge on any atom is -0.448 e. The van der Waals surface area contributed by atoms with E-state index in [0.29, 0.717) is 19.3 Å². The van der Waals surface area contributed by atoms with Gasteiger partial charge in [-0.2, -0.15) is 0 Å². The Kier molecular flexibility index (Phi) is 6.53. The highest BCUT2D eigenvalue weighted by atomic mass is 19.4. The molecular formula is C31H30F3NO4. The lowest BCUT2D eigenvalue weighted by molar-refractivity contribution is -0.274. The number of aliphatic hydroxyl groups is 1. The van der Waals surface area contributed by atoms with Crippen LogP contribution in [-0.2, 0) is 11.2 Å². The third-order valence-electron chi connectivity index (χ3n) is 8.33. The second-order valence-corrected chi connectivity index (χ2v) is 11.0. The highest BCUT2D eigenvalue weighted by Gasteiger charge is 2.48. The zero-order valence-corrected chi connectivity index (χ0v) is 21.4. The first kappa shape index (κ1) is 25.7. The highest BCUT2D eigenvalue weighted by molar-refractivity contribution is 5.79. The van der Waals surface area contributed by atoms with Crippen LogP contribution in [0.5, 0.6) is 5.75 Å². The van der Waals surface area contributed by atoms with Crippen LogP contribution < -0.4 is 4.74 Å². The fourth-order valence-corrected chi connectivity index (χ4v) is 6.83. The van der Waals surface area contributed by atoms with Crippen molar-refractivity contribution < 1.29 is 32.5 Å². The molecule has 3 aromatic rings. The second kappa shape index (κ2) is 9.90. The van der Waals surface area contributed by atoms with E-state index < -0.39 is 12.0 Å². The molecule has 204 valence electrons. The maximum Gasteiger partial charge on any atom is 0.573 e. The van der Waals surface area contributed by atoms with Crippen molar-refractivity contribution in [3.05, 3.63) is 89.5 Å². The average Bonchev–Trinajstić information content (AvgIpc) is 3.21. The molecule has 3 aromatic carbocycles. The molecule has 3 aliphatic rings. The number of piperidine rings is 2. The molecule has 8 heteroatoms. The first-order valence-electron chi connectivity index (χ1n) is 13.4. The van der Waals surface area contributed by atoms with Gasteiger partial charge in [-0.05, 0) is 72.1 Å². The van der Waals surface area contributed by atoms with Gasteiger partial charge in [0.1, 0.15) is 12.4 Å². The average molecular weight is 538 g/mol. The molecule has 2 heterocycles. The number of rotatable bonds is 5. The molecular weight excluding hydrogens is 507 g/mol. The number of fused-ring (bicyclic) bond motifs is 5. The summed E-state index contributed by atoms with van der Waals surface area (Å²) >= 11 is 0. The number of amides is 1.